The number of halogens is 1. The van der Waals surface area contributed by atoms with Gasteiger partial charge in [-0.1, -0.05) is 0 Å². The lowest BCUT2D eigenvalue weighted by Gasteiger charge is -2.37. The molecule has 0 aliphatic heterocycles. The molecular formula is C11H16B16ClN3O2. The molecule has 1 amide bonds. The summed E-state index contributed by atoms with van der Waals surface area (Å²) in [5, 5.41) is 2.46. The van der Waals surface area contributed by atoms with Crippen LogP contribution in [0.4, 0.5) is 10.7 Å². The second kappa shape index (κ2) is 14.9. The van der Waals surface area contributed by atoms with Gasteiger partial charge in [0, 0.05) is 132 Å². The fourth-order valence-corrected chi connectivity index (χ4v) is 3.14. The number of aromatic nitrogens is 2. The summed E-state index contributed by atoms with van der Waals surface area (Å²) in [6, 6.07) is 0. The number of ether oxygens (including phenoxy) is 1. The number of rotatable bonds is 8. The number of nitrogens with one attached hydrogen (secondary N) is 1. The zero-order valence-electron chi connectivity index (χ0n) is 19.6. The van der Waals surface area contributed by atoms with Crippen LogP contribution in [0.25, 0.3) is 0 Å². The Hall–Kier alpha value is -0.321. The number of anilines is 1. The van der Waals surface area contributed by atoms with Crippen LogP contribution in [-0.2, 0) is 10.6 Å². The zero-order valence-corrected chi connectivity index (χ0v) is 20.4. The van der Waals surface area contributed by atoms with Gasteiger partial charge < -0.3 is 4.74 Å². The minimum absolute atomic E-state index is 0.214. The number of hydrogen-bond donors (Lipinski definition) is 1. The van der Waals surface area contributed by atoms with E-state index in [4.69, 9.17) is 86.0 Å². The van der Waals surface area contributed by atoms with E-state index in [1.54, 1.807) is 33.9 Å². The number of aryl methyl sites for hydroxylation is 1. The number of amides is 1. The lowest BCUT2D eigenvalue weighted by molar-refractivity contribution is 0.0634. The molecule has 22 heteroatoms. The summed E-state index contributed by atoms with van der Waals surface area (Å²) in [5.74, 6) is 0.559. The van der Waals surface area contributed by atoms with Crippen molar-refractivity contribution in [1.82, 2.24) is 9.97 Å². The minimum atomic E-state index is -0.807. The number of nitrogens with zero attached hydrogens (tertiary/aromatic N) is 2. The third-order valence-electron chi connectivity index (χ3n) is 4.50. The third-order valence-corrected chi connectivity index (χ3v) is 4.79. The van der Waals surface area contributed by atoms with E-state index >= 15 is 0 Å². The first-order chi connectivity index (χ1) is 15.0. The Bertz CT molecular complexity index is 730. The summed E-state index contributed by atoms with van der Waals surface area (Å²) in [5.41, 5.74) is 1.03. The Labute approximate surface area is 218 Å². The highest BCUT2D eigenvalue weighted by Crippen LogP contribution is 2.11. The van der Waals surface area contributed by atoms with Crippen molar-refractivity contribution >= 4 is 138 Å². The van der Waals surface area contributed by atoms with Crippen LogP contribution < -0.4 is 5.32 Å². The average Bonchev–Trinajstić information content (AvgIpc) is 2.63. The first-order valence-electron chi connectivity index (χ1n) is 10.2. The maximum Gasteiger partial charge on any atom is 0.414 e. The van der Waals surface area contributed by atoms with Gasteiger partial charge in [0.15, 0.2) is 0 Å². The summed E-state index contributed by atoms with van der Waals surface area (Å²) in [6.07, 6.45) is -4.01. The summed E-state index contributed by atoms with van der Waals surface area (Å²) in [6.45, 7) is 7.17. The molecule has 0 aromatic carbocycles. The van der Waals surface area contributed by atoms with Crippen LogP contribution in [0.2, 0.25) is 0 Å². The van der Waals surface area contributed by atoms with Crippen LogP contribution in [0.5, 0.6) is 0 Å². The Morgan fingerprint density at radius 2 is 1.45 bits per heavy atom. The molecule has 1 aromatic rings. The van der Waals surface area contributed by atoms with E-state index in [2.05, 4.69) is 15.3 Å². The van der Waals surface area contributed by atoms with Crippen LogP contribution in [0.3, 0.4) is 0 Å². The largest absolute Gasteiger partial charge is 0.444 e. The van der Waals surface area contributed by atoms with Crippen LogP contribution in [0, 0.1) is 6.92 Å². The van der Waals surface area contributed by atoms with E-state index in [9.17, 15) is 4.79 Å². The van der Waals surface area contributed by atoms with Gasteiger partial charge >= 0.3 is 6.09 Å². The summed E-state index contributed by atoms with van der Waals surface area (Å²) >= 11 is 5.69. The molecule has 0 fully saturated rings. The standard InChI is InChI=1S/C11H16ClN3O2.B16/c1-7-8(5-12)6-13-9(14-7)15-10(16)17-11(2,3)4;1-10(2)14(9)16(13(7)8)15(11(3)4)12(5)6/h6H,5H2,1-4H3,(H,13,14,15,16);. The second-order valence-corrected chi connectivity index (χ2v) is 8.87. The van der Waals surface area contributed by atoms with Crippen molar-refractivity contribution in [2.24, 2.45) is 0 Å². The highest BCUT2D eigenvalue weighted by atomic mass is 35.5. The molecular weight excluding hydrogens is 415 g/mol. The van der Waals surface area contributed by atoms with Gasteiger partial charge in [-0.05, 0) is 27.7 Å². The summed E-state index contributed by atoms with van der Waals surface area (Å²) in [4.78, 5) is 19.5. The normalized spacial score (nSPS) is 10.1. The van der Waals surface area contributed by atoms with Crippen molar-refractivity contribution in [3.05, 3.63) is 17.5 Å². The van der Waals surface area contributed by atoms with Gasteiger partial charge in [-0.15, -0.1) is 11.6 Å². The molecule has 1 rings (SSSR count). The lowest BCUT2D eigenvalue weighted by Crippen LogP contribution is -2.75. The first-order valence-corrected chi connectivity index (χ1v) is 10.7. The number of carbonyl (C=O) groups is 1. The smallest absolute Gasteiger partial charge is 0.414 e. The topological polar surface area (TPSA) is 64.1 Å². The molecule has 1 aromatic heterocycles. The molecule has 0 aliphatic carbocycles. The van der Waals surface area contributed by atoms with Gasteiger partial charge in [-0.2, -0.15) is 0 Å². The molecule has 5 nitrogen and oxygen atoms in total. The van der Waals surface area contributed by atoms with Gasteiger partial charge in [0.1, 0.15) is 5.60 Å². The summed E-state index contributed by atoms with van der Waals surface area (Å²) < 4.78 is 5.08. The summed E-state index contributed by atoms with van der Waals surface area (Å²) in [7, 11) is 50.4. The van der Waals surface area contributed by atoms with E-state index in [0.717, 1.165) is 11.3 Å². The molecule has 0 aliphatic rings. The van der Waals surface area contributed by atoms with E-state index in [1.165, 1.54) is 0 Å². The number of alkyl halides is 1. The Morgan fingerprint density at radius 3 is 1.79 bits per heavy atom. The van der Waals surface area contributed by atoms with Crippen LogP contribution in [-0.4, -0.2) is 136 Å². The predicted octanol–water partition coefficient (Wildman–Crippen LogP) is -3.22. The van der Waals surface area contributed by atoms with Crippen LogP contribution >= 0.6 is 11.6 Å². The van der Waals surface area contributed by atoms with E-state index < -0.39 is 56.4 Å². The van der Waals surface area contributed by atoms with Crippen molar-refractivity contribution in [2.75, 3.05) is 5.32 Å². The molecule has 0 spiro atoms. The molecule has 0 saturated carbocycles. The monoisotopic (exact) mass is 433 g/mol. The number of hydrogen-bond acceptors (Lipinski definition) is 4. The Morgan fingerprint density at radius 1 is 0.970 bits per heavy atom. The maximum absolute atomic E-state index is 11.5. The predicted molar refractivity (Wildman–Crippen MR) is 158 cm³/mol. The van der Waals surface area contributed by atoms with Gasteiger partial charge in [0.05, 0.1) is 5.88 Å². The van der Waals surface area contributed by atoms with Crippen molar-refractivity contribution in [2.45, 2.75) is 39.2 Å². The van der Waals surface area contributed by atoms with Gasteiger partial charge in [0.25, 0.3) is 0 Å². The molecule has 33 heavy (non-hydrogen) atoms. The SMILES string of the molecule is Cc1nc(NC(=O)OC(C)(C)C)ncc1CCl.[B]B([B])B([B])B(B([B])[B])B(B([B])[B])B([B])[B]. The van der Waals surface area contributed by atoms with Crippen LogP contribution in [0.1, 0.15) is 32.0 Å². The third kappa shape index (κ3) is 12.3. The highest BCUT2D eigenvalue weighted by molar-refractivity contribution is 8.13. The fraction of sp³-hybridized carbons (Fsp3) is 0.545. The minimum Gasteiger partial charge on any atom is -0.444 e. The lowest BCUT2D eigenvalue weighted by atomic mass is 8.44. The van der Waals surface area contributed by atoms with Crippen molar-refractivity contribution in [3.8, 4) is 0 Å². The van der Waals surface area contributed by atoms with Crippen molar-refractivity contribution < 1.29 is 9.53 Å². The zero-order chi connectivity index (χ0) is 26.1. The molecule has 0 unspecified atom stereocenters. The maximum atomic E-state index is 11.5. The average molecular weight is 431 g/mol. The van der Waals surface area contributed by atoms with Gasteiger partial charge in [0.2, 0.25) is 5.95 Å². The van der Waals surface area contributed by atoms with E-state index in [1.807, 2.05) is 0 Å². The fourth-order valence-electron chi connectivity index (χ4n) is 2.87. The highest BCUT2D eigenvalue weighted by Gasteiger charge is 2.38. The molecule has 1 N–H and O–H groups in total. The van der Waals surface area contributed by atoms with Gasteiger partial charge in [-0.3, -0.25) is 5.32 Å². The molecule has 0 atom stereocenters. The molecule has 142 valence electrons. The molecule has 0 saturated heterocycles. The Balaban J connectivity index is 0.000000622. The van der Waals surface area contributed by atoms with Crippen molar-refractivity contribution in [1.29, 1.82) is 0 Å². The Kier molecular flexibility index (Phi) is 14.8. The van der Waals surface area contributed by atoms with Crippen LogP contribution in [0.15, 0.2) is 6.20 Å². The number of carbonyl (C=O) groups excluding carboxylic acids is 1. The quantitative estimate of drug-likeness (QED) is 0.348. The molecule has 1 heterocycles. The molecule has 18 radical (unpaired) electrons. The molecule has 0 bridgehead atoms. The van der Waals surface area contributed by atoms with Crippen molar-refractivity contribution in [3.63, 3.8) is 0 Å². The van der Waals surface area contributed by atoms with Gasteiger partial charge in [-0.25, -0.2) is 14.8 Å². The van der Waals surface area contributed by atoms with E-state index in [0.29, 0.717) is 5.88 Å². The second-order valence-electron chi connectivity index (χ2n) is 8.61. The van der Waals surface area contributed by atoms with E-state index in [-0.39, 0.29) is 5.95 Å². The first kappa shape index (κ1) is 32.7.